The van der Waals surface area contributed by atoms with Crippen molar-refractivity contribution in [2.75, 3.05) is 25.4 Å². The molecule has 3 fully saturated rings. The summed E-state index contributed by atoms with van der Waals surface area (Å²) >= 11 is 1.75. The maximum Gasteiger partial charge on any atom is 0.324 e. The van der Waals surface area contributed by atoms with Crippen molar-refractivity contribution in [1.82, 2.24) is 15.1 Å². The summed E-state index contributed by atoms with van der Waals surface area (Å²) in [6.07, 6.45) is 5.01. The molecule has 0 spiro atoms. The maximum absolute atomic E-state index is 12.0. The quantitative estimate of drug-likeness (QED) is 0.764. The van der Waals surface area contributed by atoms with Gasteiger partial charge in [0.05, 0.1) is 18.3 Å². The largest absolute Gasteiger partial charge is 0.338 e. The van der Waals surface area contributed by atoms with Gasteiger partial charge in [0.15, 0.2) is 0 Å². The molecule has 3 aliphatic rings. The smallest absolute Gasteiger partial charge is 0.324 e. The van der Waals surface area contributed by atoms with Gasteiger partial charge in [-0.25, -0.2) is 4.79 Å². The van der Waals surface area contributed by atoms with Crippen LogP contribution in [0.1, 0.15) is 25.7 Å². The highest BCUT2D eigenvalue weighted by Crippen LogP contribution is 2.30. The summed E-state index contributed by atoms with van der Waals surface area (Å²) in [6, 6.07) is -0.460. The van der Waals surface area contributed by atoms with Crippen LogP contribution in [0.25, 0.3) is 0 Å². The van der Waals surface area contributed by atoms with Gasteiger partial charge in [0.2, 0.25) is 11.8 Å². The molecule has 1 N–H and O–H groups in total. The molecule has 1 saturated carbocycles. The normalized spacial score (nSPS) is 24.2. The number of hydrogen-bond donors (Lipinski definition) is 1. The molecule has 0 aromatic heterocycles. The molecule has 0 bridgehead atoms. The van der Waals surface area contributed by atoms with Crippen LogP contribution in [0.3, 0.4) is 0 Å². The molecule has 4 amide bonds. The van der Waals surface area contributed by atoms with Gasteiger partial charge in [-0.2, -0.15) is 0 Å². The van der Waals surface area contributed by atoms with Crippen LogP contribution in [0.5, 0.6) is 0 Å². The van der Waals surface area contributed by atoms with Crippen molar-refractivity contribution in [1.29, 1.82) is 0 Å². The average Bonchev–Trinajstić information content (AvgIpc) is 2.99. The van der Waals surface area contributed by atoms with Crippen LogP contribution in [0.15, 0.2) is 0 Å². The third-order valence-corrected chi connectivity index (χ3v) is 5.56. The summed E-state index contributed by atoms with van der Waals surface area (Å²) in [4.78, 5) is 38.0. The summed E-state index contributed by atoms with van der Waals surface area (Å²) in [7, 11) is 0. The van der Waals surface area contributed by atoms with E-state index in [-0.39, 0.29) is 30.4 Å². The summed E-state index contributed by atoms with van der Waals surface area (Å²) in [6.45, 7) is 1.06. The summed E-state index contributed by atoms with van der Waals surface area (Å²) < 4.78 is 0. The van der Waals surface area contributed by atoms with E-state index in [0.717, 1.165) is 0 Å². The first kappa shape index (κ1) is 13.7. The molecule has 3 rings (SSSR count). The van der Waals surface area contributed by atoms with E-state index in [1.807, 2.05) is 0 Å². The second kappa shape index (κ2) is 5.63. The number of likely N-dealkylation sites (tertiary alicyclic amines) is 1. The Morgan fingerprint density at radius 2 is 1.95 bits per heavy atom. The van der Waals surface area contributed by atoms with E-state index in [9.17, 15) is 14.4 Å². The van der Waals surface area contributed by atoms with Crippen molar-refractivity contribution in [3.05, 3.63) is 0 Å². The Labute approximate surface area is 122 Å². The van der Waals surface area contributed by atoms with Crippen LogP contribution in [-0.4, -0.2) is 64.3 Å². The van der Waals surface area contributed by atoms with E-state index in [1.165, 1.54) is 30.6 Å². The average molecular weight is 297 g/mol. The van der Waals surface area contributed by atoms with Gasteiger partial charge in [-0.1, -0.05) is 12.8 Å². The van der Waals surface area contributed by atoms with E-state index < -0.39 is 0 Å². The number of nitrogens with one attached hydrogen (secondary N) is 1. The molecule has 0 unspecified atom stereocenters. The van der Waals surface area contributed by atoms with Crippen molar-refractivity contribution in [3.63, 3.8) is 0 Å². The zero-order valence-electron chi connectivity index (χ0n) is 11.3. The minimum Gasteiger partial charge on any atom is -0.338 e. The molecule has 0 aromatic rings. The summed E-state index contributed by atoms with van der Waals surface area (Å²) in [5.74, 6) is 0.468. The maximum atomic E-state index is 12.0. The number of urea groups is 1. The lowest BCUT2D eigenvalue weighted by Gasteiger charge is -2.42. The molecule has 0 aromatic carbocycles. The van der Waals surface area contributed by atoms with E-state index >= 15 is 0 Å². The minimum atomic E-state index is -0.326. The van der Waals surface area contributed by atoms with Crippen LogP contribution in [-0.2, 0) is 9.59 Å². The number of thioether (sulfide) groups is 1. The number of imide groups is 1. The molecule has 20 heavy (non-hydrogen) atoms. The molecule has 110 valence electrons. The lowest BCUT2D eigenvalue weighted by Crippen LogP contribution is -2.62. The molecule has 7 heteroatoms. The lowest BCUT2D eigenvalue weighted by atomic mass is 10.1. The second-order valence-corrected chi connectivity index (χ2v) is 6.88. The second-order valence-electron chi connectivity index (χ2n) is 5.59. The third kappa shape index (κ3) is 2.63. The van der Waals surface area contributed by atoms with Gasteiger partial charge in [0.1, 0.15) is 0 Å². The molecular weight excluding hydrogens is 278 g/mol. The topological polar surface area (TPSA) is 69.7 Å². The fourth-order valence-electron chi connectivity index (χ4n) is 2.96. The minimum absolute atomic E-state index is 0.0841. The Bertz CT molecular complexity index is 415. The first-order valence-corrected chi connectivity index (χ1v) is 8.19. The number of rotatable bonds is 4. The Morgan fingerprint density at radius 1 is 1.25 bits per heavy atom. The third-order valence-electron chi connectivity index (χ3n) is 4.20. The zero-order valence-corrected chi connectivity index (χ0v) is 12.2. The van der Waals surface area contributed by atoms with E-state index in [0.29, 0.717) is 24.1 Å². The molecular formula is C13H19N3O3S. The van der Waals surface area contributed by atoms with Crippen molar-refractivity contribution in [3.8, 4) is 0 Å². The van der Waals surface area contributed by atoms with Crippen LogP contribution >= 0.6 is 11.8 Å². The van der Waals surface area contributed by atoms with Crippen LogP contribution < -0.4 is 5.32 Å². The molecule has 2 aliphatic heterocycles. The van der Waals surface area contributed by atoms with E-state index in [1.54, 1.807) is 16.7 Å². The monoisotopic (exact) mass is 297 g/mol. The van der Waals surface area contributed by atoms with E-state index in [2.05, 4.69) is 5.32 Å². The van der Waals surface area contributed by atoms with Crippen molar-refractivity contribution < 1.29 is 14.4 Å². The predicted molar refractivity (Wildman–Crippen MR) is 75.3 cm³/mol. The number of amides is 4. The molecule has 2 heterocycles. The molecule has 0 radical (unpaired) electrons. The zero-order chi connectivity index (χ0) is 14.1. The first-order chi connectivity index (χ1) is 9.65. The number of hydrogen-bond acceptors (Lipinski definition) is 4. The fourth-order valence-corrected chi connectivity index (χ4v) is 4.19. The molecule has 1 aliphatic carbocycles. The standard InChI is InChI=1S/C13H19N3O3S/c17-11-5-14-13(19)16(11)9-6-15(7-9)12(18)8-20-10-3-1-2-4-10/h9-10H,1-8H2,(H,14,19). The Morgan fingerprint density at radius 3 is 2.55 bits per heavy atom. The number of nitrogens with zero attached hydrogens (tertiary/aromatic N) is 2. The summed E-state index contributed by atoms with van der Waals surface area (Å²) in [5.41, 5.74) is 0. The van der Waals surface area contributed by atoms with Crippen LogP contribution in [0.4, 0.5) is 4.79 Å². The predicted octanol–water partition coefficient (Wildman–Crippen LogP) is 0.425. The number of carbonyl (C=O) groups excluding carboxylic acids is 3. The Hall–Kier alpha value is -1.24. The molecule has 6 nitrogen and oxygen atoms in total. The highest BCUT2D eigenvalue weighted by molar-refractivity contribution is 8.00. The van der Waals surface area contributed by atoms with Crippen molar-refractivity contribution >= 4 is 29.6 Å². The van der Waals surface area contributed by atoms with Crippen molar-refractivity contribution in [2.24, 2.45) is 0 Å². The van der Waals surface area contributed by atoms with Crippen LogP contribution in [0.2, 0.25) is 0 Å². The van der Waals surface area contributed by atoms with Gasteiger partial charge in [-0.3, -0.25) is 14.5 Å². The molecule has 0 atom stereocenters. The highest BCUT2D eigenvalue weighted by Gasteiger charge is 2.42. The lowest BCUT2D eigenvalue weighted by molar-refractivity contribution is -0.139. The van der Waals surface area contributed by atoms with Gasteiger partial charge < -0.3 is 10.2 Å². The van der Waals surface area contributed by atoms with Gasteiger partial charge in [-0.05, 0) is 12.8 Å². The number of carbonyl (C=O) groups is 3. The van der Waals surface area contributed by atoms with Gasteiger partial charge >= 0.3 is 6.03 Å². The van der Waals surface area contributed by atoms with Gasteiger partial charge in [0, 0.05) is 18.3 Å². The SMILES string of the molecule is O=C(CSC1CCCC1)N1CC(N2C(=O)CNC2=O)C1. The van der Waals surface area contributed by atoms with Crippen molar-refractivity contribution in [2.45, 2.75) is 37.0 Å². The van der Waals surface area contributed by atoms with E-state index in [4.69, 9.17) is 0 Å². The highest BCUT2D eigenvalue weighted by atomic mass is 32.2. The summed E-state index contributed by atoms with van der Waals surface area (Å²) in [5, 5.41) is 3.15. The fraction of sp³-hybridized carbons (Fsp3) is 0.769. The van der Waals surface area contributed by atoms with Crippen LogP contribution in [0, 0.1) is 0 Å². The Kier molecular flexibility index (Phi) is 3.87. The molecule has 2 saturated heterocycles. The van der Waals surface area contributed by atoms with Gasteiger partial charge in [0.25, 0.3) is 0 Å². The van der Waals surface area contributed by atoms with Gasteiger partial charge in [-0.15, -0.1) is 11.8 Å². The first-order valence-electron chi connectivity index (χ1n) is 7.14. The Balaban J connectivity index is 1.41.